The van der Waals surface area contributed by atoms with Crippen LogP contribution < -0.4 is 0 Å². The summed E-state index contributed by atoms with van der Waals surface area (Å²) < 4.78 is 2.03. The number of nitrogens with one attached hydrogen (secondary N) is 1. The van der Waals surface area contributed by atoms with Crippen molar-refractivity contribution in [3.63, 3.8) is 0 Å². The van der Waals surface area contributed by atoms with Gasteiger partial charge in [0.1, 0.15) is 11.5 Å². The summed E-state index contributed by atoms with van der Waals surface area (Å²) in [4.78, 5) is 0. The molecule has 0 aliphatic carbocycles. The summed E-state index contributed by atoms with van der Waals surface area (Å²) in [6, 6.07) is 11.4. The smallest absolute Gasteiger partial charge is 0.200 e. The van der Waals surface area contributed by atoms with Gasteiger partial charge in [0, 0.05) is 11.1 Å². The van der Waals surface area contributed by atoms with Crippen LogP contribution in [0.5, 0.6) is 11.5 Å². The van der Waals surface area contributed by atoms with Crippen LogP contribution in [0, 0.1) is 4.77 Å². The molecule has 3 aromatic rings. The Morgan fingerprint density at radius 2 is 1.95 bits per heavy atom. The molecule has 21 heavy (non-hydrogen) atoms. The zero-order chi connectivity index (χ0) is 15.0. The molecule has 0 aliphatic heterocycles. The monoisotopic (exact) mass is 319 g/mol. The Balaban J connectivity index is 2.24. The molecule has 0 spiro atoms. The lowest BCUT2D eigenvalue weighted by atomic mass is 10.1. The van der Waals surface area contributed by atoms with Gasteiger partial charge in [-0.15, -0.1) is 0 Å². The van der Waals surface area contributed by atoms with Crippen molar-refractivity contribution in [3.05, 3.63) is 52.3 Å². The number of aromatic nitrogens is 3. The van der Waals surface area contributed by atoms with Crippen molar-refractivity contribution in [1.29, 1.82) is 0 Å². The lowest BCUT2D eigenvalue weighted by molar-refractivity contribution is 0.451. The SMILES string of the molecule is Oc1ccc(-c2n[nH]c(=S)n2-c2cccc(Cl)c2)c(O)c1. The molecule has 3 N–H and O–H groups in total. The Morgan fingerprint density at radius 1 is 1.14 bits per heavy atom. The van der Waals surface area contributed by atoms with E-state index in [0.29, 0.717) is 21.2 Å². The van der Waals surface area contributed by atoms with Gasteiger partial charge >= 0.3 is 0 Å². The van der Waals surface area contributed by atoms with E-state index >= 15 is 0 Å². The van der Waals surface area contributed by atoms with Gasteiger partial charge in [0.05, 0.1) is 11.3 Å². The lowest BCUT2D eigenvalue weighted by Crippen LogP contribution is -1.97. The Labute approximate surface area is 130 Å². The molecular weight excluding hydrogens is 310 g/mol. The minimum atomic E-state index is -0.0905. The van der Waals surface area contributed by atoms with Crippen LogP contribution in [-0.4, -0.2) is 25.0 Å². The van der Waals surface area contributed by atoms with Crippen LogP contribution in [0.4, 0.5) is 0 Å². The number of H-pyrrole nitrogens is 1. The number of benzene rings is 2. The van der Waals surface area contributed by atoms with Gasteiger partial charge in [-0.25, -0.2) is 0 Å². The van der Waals surface area contributed by atoms with Gasteiger partial charge in [-0.1, -0.05) is 17.7 Å². The third-order valence-electron chi connectivity index (χ3n) is 2.96. The van der Waals surface area contributed by atoms with E-state index in [1.807, 2.05) is 6.07 Å². The fourth-order valence-electron chi connectivity index (χ4n) is 2.04. The minimum Gasteiger partial charge on any atom is -0.508 e. The third kappa shape index (κ3) is 2.51. The summed E-state index contributed by atoms with van der Waals surface area (Å²) in [6.07, 6.45) is 0. The maximum atomic E-state index is 9.99. The number of hydrogen-bond acceptors (Lipinski definition) is 4. The molecule has 0 radical (unpaired) electrons. The first-order chi connectivity index (χ1) is 10.1. The van der Waals surface area contributed by atoms with Crippen LogP contribution in [0.25, 0.3) is 17.1 Å². The number of hydrogen-bond donors (Lipinski definition) is 3. The predicted octanol–water partition coefficient (Wildman–Crippen LogP) is 3.66. The fourth-order valence-corrected chi connectivity index (χ4v) is 2.46. The van der Waals surface area contributed by atoms with Crippen molar-refractivity contribution in [3.8, 4) is 28.6 Å². The van der Waals surface area contributed by atoms with Crippen LogP contribution in [0.2, 0.25) is 5.02 Å². The fraction of sp³-hybridized carbons (Fsp3) is 0. The van der Waals surface area contributed by atoms with Crippen LogP contribution >= 0.6 is 23.8 Å². The summed E-state index contributed by atoms with van der Waals surface area (Å²) in [6.45, 7) is 0. The van der Waals surface area contributed by atoms with Crippen LogP contribution in [-0.2, 0) is 0 Å². The Bertz CT molecular complexity index is 873. The van der Waals surface area contributed by atoms with Crippen LogP contribution in [0.15, 0.2) is 42.5 Å². The predicted molar refractivity (Wildman–Crippen MR) is 82.5 cm³/mol. The Morgan fingerprint density at radius 3 is 2.67 bits per heavy atom. The molecule has 1 aromatic heterocycles. The van der Waals surface area contributed by atoms with E-state index in [2.05, 4.69) is 10.2 Å². The van der Waals surface area contributed by atoms with E-state index in [9.17, 15) is 10.2 Å². The molecule has 7 heteroatoms. The molecule has 2 aromatic carbocycles. The molecule has 0 bridgehead atoms. The van der Waals surface area contributed by atoms with Crippen molar-refractivity contribution in [1.82, 2.24) is 14.8 Å². The second kappa shape index (κ2) is 5.23. The number of aromatic amines is 1. The highest BCUT2D eigenvalue weighted by molar-refractivity contribution is 7.71. The lowest BCUT2D eigenvalue weighted by Gasteiger charge is -2.08. The van der Waals surface area contributed by atoms with Gasteiger partial charge in [0.15, 0.2) is 10.6 Å². The molecule has 5 nitrogen and oxygen atoms in total. The summed E-state index contributed by atoms with van der Waals surface area (Å²) in [5.41, 5.74) is 1.17. The van der Waals surface area contributed by atoms with Crippen molar-refractivity contribution in [2.45, 2.75) is 0 Å². The Kier molecular flexibility index (Phi) is 3.40. The summed E-state index contributed by atoms with van der Waals surface area (Å²) in [5, 5.41) is 26.8. The highest BCUT2D eigenvalue weighted by Crippen LogP contribution is 2.32. The first-order valence-electron chi connectivity index (χ1n) is 6.02. The summed E-state index contributed by atoms with van der Waals surface area (Å²) in [5.74, 6) is 0.312. The van der Waals surface area contributed by atoms with Gasteiger partial charge in [-0.3, -0.25) is 9.67 Å². The normalized spacial score (nSPS) is 10.7. The maximum Gasteiger partial charge on any atom is 0.200 e. The zero-order valence-corrected chi connectivity index (χ0v) is 12.2. The quantitative estimate of drug-likeness (QED) is 0.630. The van der Waals surface area contributed by atoms with E-state index in [1.165, 1.54) is 12.1 Å². The van der Waals surface area contributed by atoms with Crippen molar-refractivity contribution in [2.24, 2.45) is 0 Å². The van der Waals surface area contributed by atoms with Gasteiger partial charge in [-0.05, 0) is 42.5 Å². The molecule has 0 atom stereocenters. The Hall–Kier alpha value is -2.31. The minimum absolute atomic E-state index is 0.0281. The first kappa shape index (κ1) is 13.7. The third-order valence-corrected chi connectivity index (χ3v) is 3.47. The molecule has 0 saturated carbocycles. The van der Waals surface area contributed by atoms with Crippen molar-refractivity contribution in [2.75, 3.05) is 0 Å². The first-order valence-corrected chi connectivity index (χ1v) is 6.80. The molecular formula is C14H10ClN3O2S. The maximum absolute atomic E-state index is 9.99. The molecule has 0 aliphatic rings. The standard InChI is InChI=1S/C14H10ClN3O2S/c15-8-2-1-3-9(6-8)18-13(16-17-14(18)21)11-5-4-10(19)7-12(11)20/h1-7,19-20H,(H,17,21). The van der Waals surface area contributed by atoms with Crippen molar-refractivity contribution >= 4 is 23.8 Å². The number of nitrogens with zero attached hydrogens (tertiary/aromatic N) is 2. The van der Waals surface area contributed by atoms with Crippen molar-refractivity contribution < 1.29 is 10.2 Å². The van der Waals surface area contributed by atoms with E-state index < -0.39 is 0 Å². The van der Waals surface area contributed by atoms with E-state index in [-0.39, 0.29) is 11.5 Å². The topological polar surface area (TPSA) is 74.1 Å². The van der Waals surface area contributed by atoms with Gasteiger partial charge in [-0.2, -0.15) is 5.10 Å². The average Bonchev–Trinajstić information content (AvgIpc) is 2.80. The van der Waals surface area contributed by atoms with Gasteiger partial charge in [0.25, 0.3) is 0 Å². The molecule has 0 amide bonds. The molecule has 0 unspecified atom stereocenters. The molecule has 1 heterocycles. The summed E-state index contributed by atoms with van der Waals surface area (Å²) in [7, 11) is 0. The van der Waals surface area contributed by atoms with E-state index in [0.717, 1.165) is 5.69 Å². The highest BCUT2D eigenvalue weighted by Gasteiger charge is 2.14. The number of rotatable bonds is 2. The largest absolute Gasteiger partial charge is 0.508 e. The number of halogens is 1. The second-order valence-corrected chi connectivity index (χ2v) is 5.19. The zero-order valence-electron chi connectivity index (χ0n) is 10.6. The molecule has 106 valence electrons. The van der Waals surface area contributed by atoms with E-state index in [1.54, 1.807) is 28.8 Å². The van der Waals surface area contributed by atoms with Crippen LogP contribution in [0.3, 0.4) is 0 Å². The van der Waals surface area contributed by atoms with E-state index in [4.69, 9.17) is 23.8 Å². The number of phenolic OH excluding ortho intramolecular Hbond substituents is 2. The highest BCUT2D eigenvalue weighted by atomic mass is 35.5. The van der Waals surface area contributed by atoms with Gasteiger partial charge in [0.2, 0.25) is 0 Å². The molecule has 0 saturated heterocycles. The second-order valence-electron chi connectivity index (χ2n) is 4.37. The number of aromatic hydroxyl groups is 2. The van der Waals surface area contributed by atoms with Gasteiger partial charge < -0.3 is 10.2 Å². The van der Waals surface area contributed by atoms with Crippen LogP contribution in [0.1, 0.15) is 0 Å². The number of phenols is 2. The average molecular weight is 320 g/mol. The molecule has 3 rings (SSSR count). The molecule has 0 fully saturated rings. The summed E-state index contributed by atoms with van der Waals surface area (Å²) >= 11 is 11.2.